The number of benzene rings is 1. The molecule has 0 bridgehead atoms. The molecule has 0 atom stereocenters. The van der Waals surface area contributed by atoms with E-state index in [1.807, 2.05) is 0 Å². The molecule has 148 valence electrons. The lowest BCUT2D eigenvalue weighted by Crippen LogP contribution is -2.39. The molecule has 1 heterocycles. The molecule has 1 aliphatic rings. The van der Waals surface area contributed by atoms with Crippen molar-refractivity contribution >= 4 is 33.6 Å². The average Bonchev–Trinajstić information content (AvgIpc) is 2.58. The number of esters is 2. The van der Waals surface area contributed by atoms with E-state index in [2.05, 4.69) is 25.4 Å². The Morgan fingerprint density at radius 3 is 2.33 bits per heavy atom. The van der Waals surface area contributed by atoms with Crippen molar-refractivity contribution in [3.8, 4) is 5.75 Å². The van der Waals surface area contributed by atoms with E-state index in [4.69, 9.17) is 9.47 Å². The van der Waals surface area contributed by atoms with Crippen molar-refractivity contribution in [3.63, 3.8) is 0 Å². The number of carbonyl (C=O) groups excluding carboxylic acids is 2. The van der Waals surface area contributed by atoms with Crippen LogP contribution >= 0.6 is 15.9 Å². The van der Waals surface area contributed by atoms with E-state index >= 15 is 0 Å². The molecule has 27 heavy (non-hydrogen) atoms. The number of aryl methyl sites for hydroxylation is 1. The Bertz CT molecular complexity index is 770. The fourth-order valence-electron chi connectivity index (χ4n) is 2.56. The molecular weight excluding hydrogens is 439 g/mol. The quantitative estimate of drug-likeness (QED) is 0.648. The van der Waals surface area contributed by atoms with Gasteiger partial charge in [-0.15, -0.1) is 13.2 Å². The third-order valence-corrected chi connectivity index (χ3v) is 4.17. The van der Waals surface area contributed by atoms with Crippen molar-refractivity contribution in [1.82, 2.24) is 0 Å². The van der Waals surface area contributed by atoms with Crippen LogP contribution < -0.4 is 9.64 Å². The van der Waals surface area contributed by atoms with Gasteiger partial charge in [-0.2, -0.15) is 0 Å². The molecule has 0 fully saturated rings. The third-order valence-electron chi connectivity index (χ3n) is 3.56. The van der Waals surface area contributed by atoms with Crippen LogP contribution in [0.3, 0.4) is 0 Å². The summed E-state index contributed by atoms with van der Waals surface area (Å²) in [7, 11) is 2.29. The normalized spacial score (nSPS) is 14.9. The summed E-state index contributed by atoms with van der Waals surface area (Å²) >= 11 is 3.18. The summed E-state index contributed by atoms with van der Waals surface area (Å²) < 4.78 is 56.3. The molecule has 0 saturated heterocycles. The van der Waals surface area contributed by atoms with E-state index in [9.17, 15) is 22.8 Å². The van der Waals surface area contributed by atoms with Gasteiger partial charge in [0.2, 0.25) is 0 Å². The van der Waals surface area contributed by atoms with Crippen LogP contribution in [-0.2, 0) is 23.8 Å². The van der Waals surface area contributed by atoms with Gasteiger partial charge < -0.3 is 23.8 Å². The number of halogens is 4. The molecular formula is C16H15BrF3NO6. The number of alkyl halides is 3. The number of hydrogen-bond acceptors (Lipinski definition) is 7. The van der Waals surface area contributed by atoms with Gasteiger partial charge in [-0.1, -0.05) is 0 Å². The van der Waals surface area contributed by atoms with E-state index in [1.165, 1.54) is 11.8 Å². The highest BCUT2D eigenvalue weighted by atomic mass is 79.9. The van der Waals surface area contributed by atoms with Crippen LogP contribution in [0, 0.1) is 6.92 Å². The molecule has 0 unspecified atom stereocenters. The van der Waals surface area contributed by atoms with Crippen LogP contribution in [0.2, 0.25) is 0 Å². The molecule has 0 N–H and O–H groups in total. The van der Waals surface area contributed by atoms with Gasteiger partial charge in [-0.3, -0.25) is 0 Å². The summed E-state index contributed by atoms with van der Waals surface area (Å²) in [6.45, 7) is 1.20. The molecule has 1 aromatic carbocycles. The monoisotopic (exact) mass is 453 g/mol. The van der Waals surface area contributed by atoms with E-state index in [0.29, 0.717) is 11.3 Å². The largest absolute Gasteiger partial charge is 0.573 e. The summed E-state index contributed by atoms with van der Waals surface area (Å²) in [6, 6.07) is 2.24. The van der Waals surface area contributed by atoms with Crippen molar-refractivity contribution in [2.75, 3.05) is 32.5 Å². The maximum absolute atomic E-state index is 12.5. The van der Waals surface area contributed by atoms with Gasteiger partial charge in [-0.25, -0.2) is 9.59 Å². The molecule has 0 aliphatic carbocycles. The fourth-order valence-corrected chi connectivity index (χ4v) is 3.31. The highest BCUT2D eigenvalue weighted by molar-refractivity contribution is 9.10. The number of nitrogens with zero attached hydrogens (tertiary/aromatic N) is 1. The minimum atomic E-state index is -4.85. The fraction of sp³-hybridized carbons (Fsp3) is 0.375. The zero-order valence-electron chi connectivity index (χ0n) is 14.5. The Morgan fingerprint density at radius 2 is 1.81 bits per heavy atom. The average molecular weight is 454 g/mol. The number of carbonyl (C=O) groups is 2. The van der Waals surface area contributed by atoms with Crippen molar-refractivity contribution in [2.24, 2.45) is 0 Å². The standard InChI is InChI=1S/C16H15BrF3NO6/c1-8-4-9(27-16(18,19)20)5-11(17)12(8)21-7-26-6-10(14(22)24-2)13(21)15(23)25-3/h4-5H,6-7H2,1-3H3. The zero-order chi connectivity index (χ0) is 20.4. The molecule has 0 amide bonds. The number of anilines is 1. The van der Waals surface area contributed by atoms with Crippen molar-refractivity contribution in [3.05, 3.63) is 33.4 Å². The van der Waals surface area contributed by atoms with Gasteiger partial charge in [0.15, 0.2) is 0 Å². The Hall–Kier alpha value is -2.27. The summed E-state index contributed by atoms with van der Waals surface area (Å²) in [4.78, 5) is 25.6. The van der Waals surface area contributed by atoms with E-state index < -0.39 is 24.1 Å². The van der Waals surface area contributed by atoms with Gasteiger partial charge in [0.1, 0.15) is 18.2 Å². The second-order valence-corrected chi connectivity index (χ2v) is 6.19. The second-order valence-electron chi connectivity index (χ2n) is 5.33. The van der Waals surface area contributed by atoms with E-state index in [1.54, 1.807) is 0 Å². The first kappa shape index (κ1) is 21.0. The lowest BCUT2D eigenvalue weighted by molar-refractivity contribution is -0.274. The predicted octanol–water partition coefficient (Wildman–Crippen LogP) is 3.05. The maximum Gasteiger partial charge on any atom is 0.573 e. The van der Waals surface area contributed by atoms with Crippen LogP contribution in [0.25, 0.3) is 0 Å². The van der Waals surface area contributed by atoms with Crippen molar-refractivity contribution < 1.29 is 41.7 Å². The predicted molar refractivity (Wildman–Crippen MR) is 89.9 cm³/mol. The Kier molecular flexibility index (Phi) is 6.37. The second kappa shape index (κ2) is 8.17. The zero-order valence-corrected chi connectivity index (χ0v) is 16.1. The Balaban J connectivity index is 2.58. The van der Waals surface area contributed by atoms with Gasteiger partial charge in [-0.05, 0) is 40.5 Å². The molecule has 1 aliphatic heterocycles. The van der Waals surface area contributed by atoms with E-state index in [-0.39, 0.29) is 29.1 Å². The topological polar surface area (TPSA) is 74.3 Å². The minimum absolute atomic E-state index is 0.0717. The molecule has 0 aromatic heterocycles. The summed E-state index contributed by atoms with van der Waals surface area (Å²) in [5.41, 5.74) is 0.451. The first-order valence-corrected chi connectivity index (χ1v) is 8.19. The van der Waals surface area contributed by atoms with Gasteiger partial charge in [0, 0.05) is 4.47 Å². The molecule has 11 heteroatoms. The molecule has 1 aromatic rings. The lowest BCUT2D eigenvalue weighted by Gasteiger charge is -2.33. The third kappa shape index (κ3) is 4.72. The minimum Gasteiger partial charge on any atom is -0.466 e. The van der Waals surface area contributed by atoms with Crippen molar-refractivity contribution in [1.29, 1.82) is 0 Å². The number of methoxy groups -OCH3 is 2. The van der Waals surface area contributed by atoms with Gasteiger partial charge in [0.05, 0.1) is 32.1 Å². The van der Waals surface area contributed by atoms with E-state index in [0.717, 1.165) is 26.4 Å². The highest BCUT2D eigenvalue weighted by Gasteiger charge is 2.35. The van der Waals surface area contributed by atoms with Crippen molar-refractivity contribution in [2.45, 2.75) is 13.3 Å². The smallest absolute Gasteiger partial charge is 0.466 e. The first-order chi connectivity index (χ1) is 12.6. The molecule has 0 radical (unpaired) electrons. The molecule has 0 spiro atoms. The Morgan fingerprint density at radius 1 is 1.19 bits per heavy atom. The maximum atomic E-state index is 12.5. The van der Waals surface area contributed by atoms with Crippen LogP contribution in [0.5, 0.6) is 5.75 Å². The SMILES string of the molecule is COC(=O)C1=C(C(=O)OC)N(c2c(C)cc(OC(F)(F)F)cc2Br)COC1. The van der Waals surface area contributed by atoms with Crippen LogP contribution in [0.4, 0.5) is 18.9 Å². The molecule has 0 saturated carbocycles. The molecule has 2 rings (SSSR count). The van der Waals surface area contributed by atoms with Crippen LogP contribution in [0.15, 0.2) is 27.9 Å². The summed E-state index contributed by atoms with van der Waals surface area (Å²) in [6.07, 6.45) is -4.85. The number of hydrogen-bond donors (Lipinski definition) is 0. The highest BCUT2D eigenvalue weighted by Crippen LogP contribution is 2.39. The first-order valence-electron chi connectivity index (χ1n) is 7.40. The van der Waals surface area contributed by atoms with Crippen LogP contribution in [0.1, 0.15) is 5.56 Å². The number of ether oxygens (including phenoxy) is 4. The van der Waals surface area contributed by atoms with Crippen LogP contribution in [-0.4, -0.2) is 45.9 Å². The summed E-state index contributed by atoms with van der Waals surface area (Å²) in [5.74, 6) is -2.04. The van der Waals surface area contributed by atoms with Gasteiger partial charge >= 0.3 is 18.3 Å². The number of rotatable bonds is 4. The molecule has 7 nitrogen and oxygen atoms in total. The van der Waals surface area contributed by atoms with Gasteiger partial charge in [0.25, 0.3) is 0 Å². The summed E-state index contributed by atoms with van der Waals surface area (Å²) in [5, 5.41) is 0. The lowest BCUT2D eigenvalue weighted by atomic mass is 10.1. The Labute approximate surface area is 160 Å².